The molecule has 2 aliphatic heterocycles. The maximum absolute atomic E-state index is 13.9. The lowest BCUT2D eigenvalue weighted by atomic mass is 9.82. The van der Waals surface area contributed by atoms with Crippen LogP contribution in [0.4, 0.5) is 5.69 Å². The maximum atomic E-state index is 13.9. The lowest BCUT2D eigenvalue weighted by molar-refractivity contribution is -0.122. The van der Waals surface area contributed by atoms with Crippen molar-refractivity contribution in [2.45, 2.75) is 29.7 Å². The number of hydrogen-bond acceptors (Lipinski definition) is 6. The average Bonchev–Trinajstić information content (AvgIpc) is 3.39. The lowest BCUT2D eigenvalue weighted by Gasteiger charge is -2.31. The minimum atomic E-state index is -0.673. The minimum absolute atomic E-state index is 0.209. The van der Waals surface area contributed by atoms with E-state index < -0.39 is 17.1 Å². The predicted octanol–water partition coefficient (Wildman–Crippen LogP) is 5.88. The van der Waals surface area contributed by atoms with Crippen LogP contribution in [0.5, 0.6) is 5.75 Å². The summed E-state index contributed by atoms with van der Waals surface area (Å²) in [5, 5.41) is -0.0128. The summed E-state index contributed by atoms with van der Waals surface area (Å²) in [7, 11) is 0. The van der Waals surface area contributed by atoms with Crippen LogP contribution in [0.2, 0.25) is 0 Å². The number of carbonyl (C=O) groups is 2. The number of rotatable bonds is 5. The zero-order valence-corrected chi connectivity index (χ0v) is 22.9. The molecule has 1 N–H and O–H groups in total. The van der Waals surface area contributed by atoms with E-state index in [-0.39, 0.29) is 16.7 Å². The molecule has 3 unspecified atom stereocenters. The van der Waals surface area contributed by atoms with Crippen LogP contribution in [-0.2, 0) is 16.2 Å². The first kappa shape index (κ1) is 24.2. The highest BCUT2D eigenvalue weighted by molar-refractivity contribution is 9.10. The Kier molecular flexibility index (Phi) is 6.30. The number of carbonyl (C=O) groups excluding carboxylic acids is 2. The van der Waals surface area contributed by atoms with E-state index in [1.807, 2.05) is 67.6 Å². The molecule has 3 atom stereocenters. The number of thiazole rings is 1. The second-order valence-corrected chi connectivity index (χ2v) is 12.1. The number of nitrogens with one attached hydrogen (secondary N) is 1. The van der Waals surface area contributed by atoms with Crippen LogP contribution < -0.4 is 14.5 Å². The van der Waals surface area contributed by atoms with Gasteiger partial charge in [-0.1, -0.05) is 87.1 Å². The summed E-state index contributed by atoms with van der Waals surface area (Å²) >= 11 is 5.93. The molecule has 6 nitrogen and oxygen atoms in total. The number of aryl methyl sites for hydroxylation is 1. The third kappa shape index (κ3) is 4.35. The zero-order valence-electron chi connectivity index (χ0n) is 19.6. The third-order valence-corrected chi connectivity index (χ3v) is 9.55. The van der Waals surface area contributed by atoms with Crippen LogP contribution in [-0.4, -0.2) is 22.0 Å². The number of imide groups is 1. The van der Waals surface area contributed by atoms with Gasteiger partial charge in [0.15, 0.2) is 0 Å². The quantitative estimate of drug-likeness (QED) is 0.293. The number of H-pyrrole nitrogens is 1. The Labute approximate surface area is 229 Å². The summed E-state index contributed by atoms with van der Waals surface area (Å²) in [6.07, 6.45) is 0. The Morgan fingerprint density at radius 3 is 2.49 bits per heavy atom. The van der Waals surface area contributed by atoms with E-state index in [4.69, 9.17) is 4.74 Å². The molecule has 1 aromatic heterocycles. The van der Waals surface area contributed by atoms with Crippen LogP contribution >= 0.6 is 39.0 Å². The highest BCUT2D eigenvalue weighted by atomic mass is 79.9. The fourth-order valence-corrected chi connectivity index (χ4v) is 7.81. The van der Waals surface area contributed by atoms with E-state index in [0.717, 1.165) is 31.8 Å². The van der Waals surface area contributed by atoms with Crippen molar-refractivity contribution < 1.29 is 14.3 Å². The van der Waals surface area contributed by atoms with Gasteiger partial charge in [-0.2, -0.15) is 0 Å². The Hall–Kier alpha value is -3.14. The highest BCUT2D eigenvalue weighted by Crippen LogP contribution is 2.54. The molecule has 0 spiro atoms. The largest absolute Gasteiger partial charge is 0.489 e. The summed E-state index contributed by atoms with van der Waals surface area (Å²) in [5.74, 6) is -1.11. The van der Waals surface area contributed by atoms with Gasteiger partial charge in [-0.25, -0.2) is 4.90 Å². The third-order valence-electron chi connectivity index (χ3n) is 6.66. The zero-order chi connectivity index (χ0) is 25.7. The fraction of sp³-hybridized carbons (Fsp3) is 0.179. The maximum Gasteiger partial charge on any atom is 0.305 e. The predicted molar refractivity (Wildman–Crippen MR) is 149 cm³/mol. The SMILES string of the molecule is Cc1ccc(COc2ccc(Br)cc2C2c3sc(=O)[nH]c3SC3C(=O)N(c4ccccc4)C(=O)C32)cc1. The van der Waals surface area contributed by atoms with Crippen molar-refractivity contribution in [1.82, 2.24) is 4.98 Å². The molecule has 37 heavy (non-hydrogen) atoms. The molecule has 0 radical (unpaired) electrons. The van der Waals surface area contributed by atoms with Crippen molar-refractivity contribution in [3.05, 3.63) is 109 Å². The molecule has 0 saturated carbocycles. The summed E-state index contributed by atoms with van der Waals surface area (Å²) in [6.45, 7) is 2.39. The number of halogens is 1. The van der Waals surface area contributed by atoms with Crippen molar-refractivity contribution in [2.75, 3.05) is 4.90 Å². The van der Waals surface area contributed by atoms with Gasteiger partial charge in [-0.15, -0.1) is 0 Å². The van der Waals surface area contributed by atoms with Crippen LogP contribution in [0.15, 0.2) is 87.1 Å². The van der Waals surface area contributed by atoms with Crippen molar-refractivity contribution in [3.8, 4) is 5.75 Å². The van der Waals surface area contributed by atoms with E-state index in [0.29, 0.717) is 23.1 Å². The normalized spacial score (nSPS) is 20.6. The Balaban J connectivity index is 1.44. The first-order chi connectivity index (χ1) is 17.9. The smallest absolute Gasteiger partial charge is 0.305 e. The van der Waals surface area contributed by atoms with Crippen molar-refractivity contribution in [3.63, 3.8) is 0 Å². The summed E-state index contributed by atoms with van der Waals surface area (Å²) < 4.78 is 7.11. The molecular formula is C28H21BrN2O4S2. The summed E-state index contributed by atoms with van der Waals surface area (Å²) in [5.41, 5.74) is 3.50. The molecule has 0 bridgehead atoms. The lowest BCUT2D eigenvalue weighted by Crippen LogP contribution is -2.32. The number of thioether (sulfide) groups is 1. The van der Waals surface area contributed by atoms with Gasteiger partial charge in [0.1, 0.15) is 17.6 Å². The molecule has 1 saturated heterocycles. The van der Waals surface area contributed by atoms with Gasteiger partial charge in [-0.3, -0.25) is 14.4 Å². The standard InChI is InChI=1S/C28H21BrN2O4S2/c1-15-7-9-16(10-8-15)14-35-20-12-11-17(29)13-19(20)21-22-24(36-25-23(21)37-28(34)30-25)27(33)31(26(22)32)18-5-3-2-4-6-18/h2-13,21-22,24H,14H2,1H3,(H,30,34). The van der Waals surface area contributed by atoms with E-state index in [9.17, 15) is 14.4 Å². The first-order valence-corrected chi connectivity index (χ1v) is 14.2. The number of benzene rings is 3. The van der Waals surface area contributed by atoms with E-state index >= 15 is 0 Å². The number of ether oxygens (including phenoxy) is 1. The number of nitrogens with zero attached hydrogens (tertiary/aromatic N) is 1. The number of hydrogen-bond donors (Lipinski definition) is 1. The van der Waals surface area contributed by atoms with Crippen LogP contribution in [0.3, 0.4) is 0 Å². The van der Waals surface area contributed by atoms with Gasteiger partial charge in [0, 0.05) is 20.8 Å². The molecule has 6 rings (SSSR count). The molecule has 186 valence electrons. The number of amides is 2. The number of aromatic nitrogens is 1. The van der Waals surface area contributed by atoms with Crippen LogP contribution in [0.1, 0.15) is 27.5 Å². The monoisotopic (exact) mass is 592 g/mol. The number of fused-ring (bicyclic) bond motifs is 2. The summed E-state index contributed by atoms with van der Waals surface area (Å²) in [6, 6.07) is 22.8. The second-order valence-electron chi connectivity index (χ2n) is 9.05. The first-order valence-electron chi connectivity index (χ1n) is 11.7. The molecule has 1 fully saturated rings. The average molecular weight is 594 g/mol. The van der Waals surface area contributed by atoms with E-state index in [1.165, 1.54) is 22.2 Å². The van der Waals surface area contributed by atoms with Crippen molar-refractivity contribution in [2.24, 2.45) is 5.92 Å². The van der Waals surface area contributed by atoms with Crippen molar-refractivity contribution >= 4 is 56.5 Å². The molecule has 2 amide bonds. The van der Waals surface area contributed by atoms with Crippen molar-refractivity contribution in [1.29, 1.82) is 0 Å². The molecule has 3 heterocycles. The molecule has 3 aromatic carbocycles. The Morgan fingerprint density at radius 1 is 0.973 bits per heavy atom. The molecule has 4 aromatic rings. The summed E-state index contributed by atoms with van der Waals surface area (Å²) in [4.78, 5) is 44.6. The fourth-order valence-electron chi connectivity index (χ4n) is 4.92. The van der Waals surface area contributed by atoms with E-state index in [2.05, 4.69) is 20.9 Å². The van der Waals surface area contributed by atoms with Crippen LogP contribution in [0, 0.1) is 12.8 Å². The molecular weight excluding hydrogens is 572 g/mol. The number of aromatic amines is 1. The van der Waals surface area contributed by atoms with Gasteiger partial charge in [-0.05, 0) is 42.8 Å². The van der Waals surface area contributed by atoms with Gasteiger partial charge in [0.2, 0.25) is 11.8 Å². The molecule has 2 aliphatic rings. The van der Waals surface area contributed by atoms with Gasteiger partial charge >= 0.3 is 4.87 Å². The minimum Gasteiger partial charge on any atom is -0.489 e. The second kappa shape index (κ2) is 9.63. The van der Waals surface area contributed by atoms with Gasteiger partial charge < -0.3 is 9.72 Å². The number of anilines is 1. The van der Waals surface area contributed by atoms with E-state index in [1.54, 1.807) is 12.1 Å². The molecule has 0 aliphatic carbocycles. The Bertz CT molecular complexity index is 1570. The molecule has 9 heteroatoms. The highest BCUT2D eigenvalue weighted by Gasteiger charge is 2.56. The van der Waals surface area contributed by atoms with Gasteiger partial charge in [0.25, 0.3) is 0 Å². The Morgan fingerprint density at radius 2 is 1.73 bits per heavy atom. The topological polar surface area (TPSA) is 79.5 Å². The number of para-hydroxylation sites is 1. The van der Waals surface area contributed by atoms with Crippen LogP contribution in [0.25, 0.3) is 0 Å². The van der Waals surface area contributed by atoms with Gasteiger partial charge in [0.05, 0.1) is 16.6 Å².